The van der Waals surface area contributed by atoms with Crippen molar-refractivity contribution >= 4 is 5.96 Å². The summed E-state index contributed by atoms with van der Waals surface area (Å²) in [5.74, 6) is 1.74. The van der Waals surface area contributed by atoms with Crippen LogP contribution in [0.2, 0.25) is 0 Å². The average molecular weight is 405 g/mol. The molecule has 0 amide bonds. The van der Waals surface area contributed by atoms with Crippen LogP contribution in [0.15, 0.2) is 23.2 Å². The fourth-order valence-electron chi connectivity index (χ4n) is 3.71. The van der Waals surface area contributed by atoms with Gasteiger partial charge < -0.3 is 25.0 Å². The van der Waals surface area contributed by atoms with Crippen molar-refractivity contribution in [2.45, 2.75) is 58.5 Å². The molecule has 0 aromatic heterocycles. The molecular formula is C23H40N4O2. The number of piperidine rings is 1. The van der Waals surface area contributed by atoms with Gasteiger partial charge in [-0.15, -0.1) is 0 Å². The SMILES string of the molecule is CN=C(NCCCCN1CCCCC1C)NCc1ccc(C)cc1OCCOC. The smallest absolute Gasteiger partial charge is 0.191 e. The molecule has 1 atom stereocenters. The molecule has 164 valence electrons. The summed E-state index contributed by atoms with van der Waals surface area (Å²) in [5, 5.41) is 6.83. The summed E-state index contributed by atoms with van der Waals surface area (Å²) >= 11 is 0. The second kappa shape index (κ2) is 13.4. The number of hydrogen-bond acceptors (Lipinski definition) is 4. The van der Waals surface area contributed by atoms with Crippen molar-refractivity contribution in [3.05, 3.63) is 29.3 Å². The number of nitrogens with zero attached hydrogens (tertiary/aromatic N) is 2. The fraction of sp³-hybridized carbons (Fsp3) is 0.696. The molecule has 2 rings (SSSR count). The van der Waals surface area contributed by atoms with Gasteiger partial charge in [0.1, 0.15) is 12.4 Å². The molecular weight excluding hydrogens is 364 g/mol. The van der Waals surface area contributed by atoms with Gasteiger partial charge >= 0.3 is 0 Å². The first-order valence-electron chi connectivity index (χ1n) is 11.0. The monoisotopic (exact) mass is 404 g/mol. The fourth-order valence-corrected chi connectivity index (χ4v) is 3.71. The van der Waals surface area contributed by atoms with Gasteiger partial charge in [-0.25, -0.2) is 0 Å². The number of likely N-dealkylation sites (tertiary alicyclic amines) is 1. The number of rotatable bonds is 11. The summed E-state index contributed by atoms with van der Waals surface area (Å²) in [6.07, 6.45) is 6.48. The number of nitrogens with one attached hydrogen (secondary N) is 2. The van der Waals surface area contributed by atoms with E-state index in [1.807, 2.05) is 7.05 Å². The Morgan fingerprint density at radius 3 is 2.83 bits per heavy atom. The van der Waals surface area contributed by atoms with Gasteiger partial charge in [-0.05, 0) is 64.3 Å². The highest BCUT2D eigenvalue weighted by Gasteiger charge is 2.17. The summed E-state index contributed by atoms with van der Waals surface area (Å²) in [5.41, 5.74) is 2.31. The lowest BCUT2D eigenvalue weighted by Gasteiger charge is -2.33. The molecule has 1 saturated heterocycles. The Labute approximate surface area is 177 Å². The number of methoxy groups -OCH3 is 1. The van der Waals surface area contributed by atoms with E-state index < -0.39 is 0 Å². The van der Waals surface area contributed by atoms with E-state index in [1.165, 1.54) is 44.3 Å². The van der Waals surface area contributed by atoms with E-state index in [1.54, 1.807) is 7.11 Å². The zero-order chi connectivity index (χ0) is 20.9. The summed E-state index contributed by atoms with van der Waals surface area (Å²) in [7, 11) is 3.50. The minimum Gasteiger partial charge on any atom is -0.491 e. The summed E-state index contributed by atoms with van der Waals surface area (Å²) in [6.45, 7) is 9.66. The Kier molecular flexibility index (Phi) is 10.9. The van der Waals surface area contributed by atoms with E-state index in [0.29, 0.717) is 19.8 Å². The maximum Gasteiger partial charge on any atom is 0.191 e. The Balaban J connectivity index is 1.70. The van der Waals surface area contributed by atoms with Crippen LogP contribution in [0.25, 0.3) is 0 Å². The van der Waals surface area contributed by atoms with Gasteiger partial charge in [-0.2, -0.15) is 0 Å². The first-order valence-corrected chi connectivity index (χ1v) is 11.0. The highest BCUT2D eigenvalue weighted by molar-refractivity contribution is 5.79. The van der Waals surface area contributed by atoms with Crippen LogP contribution in [-0.4, -0.2) is 63.9 Å². The van der Waals surface area contributed by atoms with Gasteiger partial charge in [-0.3, -0.25) is 4.99 Å². The van der Waals surface area contributed by atoms with Crippen LogP contribution in [0.4, 0.5) is 0 Å². The number of unbranched alkanes of at least 4 members (excludes halogenated alkanes) is 1. The van der Waals surface area contributed by atoms with E-state index in [9.17, 15) is 0 Å². The zero-order valence-corrected chi connectivity index (χ0v) is 18.8. The van der Waals surface area contributed by atoms with Crippen molar-refractivity contribution in [1.82, 2.24) is 15.5 Å². The molecule has 29 heavy (non-hydrogen) atoms. The summed E-state index contributed by atoms with van der Waals surface area (Å²) < 4.78 is 11.0. The van der Waals surface area contributed by atoms with E-state index >= 15 is 0 Å². The molecule has 1 fully saturated rings. The number of aliphatic imine (C=N–C) groups is 1. The predicted octanol–water partition coefficient (Wildman–Crippen LogP) is 3.34. The number of hydrogen-bond donors (Lipinski definition) is 2. The van der Waals surface area contributed by atoms with Crippen LogP contribution in [0.5, 0.6) is 5.75 Å². The minimum atomic E-state index is 0.551. The van der Waals surface area contributed by atoms with Crippen LogP contribution in [0, 0.1) is 6.92 Å². The number of benzene rings is 1. The standard InChI is InChI=1S/C23H40N4O2/c1-19-10-11-21(22(17-19)29-16-15-28-4)18-26-23(24-3)25-12-6-8-14-27-13-7-5-9-20(27)2/h10-11,17,20H,5-9,12-16,18H2,1-4H3,(H2,24,25,26). The number of aryl methyl sites for hydroxylation is 1. The van der Waals surface area contributed by atoms with Gasteiger partial charge in [0.05, 0.1) is 6.61 Å². The molecule has 1 heterocycles. The molecule has 1 aliphatic heterocycles. The lowest BCUT2D eigenvalue weighted by molar-refractivity contribution is 0.145. The van der Waals surface area contributed by atoms with Crippen molar-refractivity contribution in [3.8, 4) is 5.75 Å². The van der Waals surface area contributed by atoms with Crippen LogP contribution < -0.4 is 15.4 Å². The summed E-state index contributed by atoms with van der Waals surface area (Å²) in [4.78, 5) is 6.99. The molecule has 0 radical (unpaired) electrons. The third kappa shape index (κ3) is 8.62. The van der Waals surface area contributed by atoms with Gasteiger partial charge in [0, 0.05) is 38.9 Å². The highest BCUT2D eigenvalue weighted by Crippen LogP contribution is 2.20. The van der Waals surface area contributed by atoms with Gasteiger partial charge in [0.15, 0.2) is 5.96 Å². The third-order valence-corrected chi connectivity index (χ3v) is 5.54. The lowest BCUT2D eigenvalue weighted by atomic mass is 10.0. The van der Waals surface area contributed by atoms with Crippen LogP contribution in [0.3, 0.4) is 0 Å². The maximum atomic E-state index is 5.87. The Morgan fingerprint density at radius 2 is 2.07 bits per heavy atom. The molecule has 6 nitrogen and oxygen atoms in total. The molecule has 0 spiro atoms. The van der Waals surface area contributed by atoms with E-state index in [2.05, 4.69) is 52.6 Å². The molecule has 1 aliphatic rings. The molecule has 6 heteroatoms. The van der Waals surface area contributed by atoms with Crippen LogP contribution >= 0.6 is 0 Å². The van der Waals surface area contributed by atoms with Crippen LogP contribution in [-0.2, 0) is 11.3 Å². The van der Waals surface area contributed by atoms with Crippen molar-refractivity contribution in [1.29, 1.82) is 0 Å². The Morgan fingerprint density at radius 1 is 1.21 bits per heavy atom. The van der Waals surface area contributed by atoms with Crippen molar-refractivity contribution < 1.29 is 9.47 Å². The molecule has 0 bridgehead atoms. The van der Waals surface area contributed by atoms with Gasteiger partial charge in [0.25, 0.3) is 0 Å². The zero-order valence-electron chi connectivity index (χ0n) is 18.8. The quantitative estimate of drug-likeness (QED) is 0.337. The van der Waals surface area contributed by atoms with Crippen LogP contribution in [0.1, 0.15) is 50.2 Å². The van der Waals surface area contributed by atoms with Crippen molar-refractivity contribution in [3.63, 3.8) is 0 Å². The Bertz CT molecular complexity index is 621. The lowest BCUT2D eigenvalue weighted by Crippen LogP contribution is -2.39. The van der Waals surface area contributed by atoms with E-state index in [4.69, 9.17) is 9.47 Å². The Hall–Kier alpha value is -1.79. The molecule has 0 aliphatic carbocycles. The maximum absolute atomic E-state index is 5.87. The first-order chi connectivity index (χ1) is 14.1. The van der Waals surface area contributed by atoms with Crippen molar-refractivity contribution in [2.75, 3.05) is 47.0 Å². The van der Waals surface area contributed by atoms with E-state index in [0.717, 1.165) is 36.3 Å². The molecule has 2 N–H and O–H groups in total. The number of guanidine groups is 1. The van der Waals surface area contributed by atoms with Crippen molar-refractivity contribution in [2.24, 2.45) is 4.99 Å². The largest absolute Gasteiger partial charge is 0.491 e. The highest BCUT2D eigenvalue weighted by atomic mass is 16.5. The molecule has 0 saturated carbocycles. The molecule has 1 unspecified atom stereocenters. The average Bonchev–Trinajstić information content (AvgIpc) is 2.72. The predicted molar refractivity (Wildman–Crippen MR) is 121 cm³/mol. The number of ether oxygens (including phenoxy) is 2. The molecule has 1 aromatic carbocycles. The van der Waals surface area contributed by atoms with E-state index in [-0.39, 0.29) is 0 Å². The minimum absolute atomic E-state index is 0.551. The second-order valence-corrected chi connectivity index (χ2v) is 7.89. The topological polar surface area (TPSA) is 58.1 Å². The summed E-state index contributed by atoms with van der Waals surface area (Å²) in [6, 6.07) is 7.04. The van der Waals surface area contributed by atoms with Gasteiger partial charge in [0.2, 0.25) is 0 Å². The second-order valence-electron chi connectivity index (χ2n) is 7.89. The third-order valence-electron chi connectivity index (χ3n) is 5.54. The normalized spacial score (nSPS) is 17.9. The molecule has 1 aromatic rings. The van der Waals surface area contributed by atoms with Gasteiger partial charge in [-0.1, -0.05) is 18.6 Å². The first kappa shape index (κ1) is 23.5.